The number of nitrogens with two attached hydrogens (primary N) is 1. The van der Waals surface area contributed by atoms with Crippen molar-refractivity contribution in [3.05, 3.63) is 0 Å². The number of hydrogen-bond acceptors (Lipinski definition) is 3. The highest BCUT2D eigenvalue weighted by molar-refractivity contribution is 5.72. The molecule has 0 aromatic rings. The molecule has 0 spiro atoms. The van der Waals surface area contributed by atoms with E-state index < -0.39 is 0 Å². The van der Waals surface area contributed by atoms with Crippen molar-refractivity contribution in [1.82, 2.24) is 10.2 Å². The molecule has 3 atom stereocenters. The molecule has 1 saturated carbocycles. The van der Waals surface area contributed by atoms with Crippen molar-refractivity contribution in [3.8, 4) is 0 Å². The van der Waals surface area contributed by atoms with Gasteiger partial charge in [-0.15, -0.1) is 0 Å². The Morgan fingerprint density at radius 2 is 2.10 bits per heavy atom. The first kappa shape index (κ1) is 16.6. The fourth-order valence-corrected chi connectivity index (χ4v) is 3.29. The summed E-state index contributed by atoms with van der Waals surface area (Å²) < 4.78 is 0. The highest BCUT2D eigenvalue weighted by Gasteiger charge is 2.35. The molecule has 0 bridgehead atoms. The Labute approximate surface area is 128 Å². The molecule has 2 aliphatic rings. The Morgan fingerprint density at radius 3 is 2.67 bits per heavy atom. The summed E-state index contributed by atoms with van der Waals surface area (Å²) in [6.07, 6.45) is 5.09. The SMILES string of the molecule is CC(C)CCNC1CC(CC(O)C2CC2)CN(C(N)=O)C1. The zero-order chi connectivity index (χ0) is 15.4. The predicted molar refractivity (Wildman–Crippen MR) is 83.9 cm³/mol. The van der Waals surface area contributed by atoms with E-state index in [1.807, 2.05) is 0 Å². The number of piperidine rings is 1. The minimum absolute atomic E-state index is 0.195. The largest absolute Gasteiger partial charge is 0.393 e. The van der Waals surface area contributed by atoms with Gasteiger partial charge in [-0.25, -0.2) is 4.79 Å². The second-order valence-electron chi connectivity index (χ2n) is 7.32. The predicted octanol–water partition coefficient (Wildman–Crippen LogP) is 1.55. The molecule has 0 aromatic carbocycles. The zero-order valence-corrected chi connectivity index (χ0v) is 13.4. The summed E-state index contributed by atoms with van der Waals surface area (Å²) in [6, 6.07) is -0.0299. The smallest absolute Gasteiger partial charge is 0.314 e. The summed E-state index contributed by atoms with van der Waals surface area (Å²) in [5.41, 5.74) is 5.47. The first-order chi connectivity index (χ1) is 9.95. The molecule has 4 N–H and O–H groups in total. The van der Waals surface area contributed by atoms with Gasteiger partial charge >= 0.3 is 6.03 Å². The maximum absolute atomic E-state index is 11.5. The number of primary amides is 1. The second-order valence-corrected chi connectivity index (χ2v) is 7.32. The van der Waals surface area contributed by atoms with Crippen LogP contribution in [0.4, 0.5) is 4.79 Å². The van der Waals surface area contributed by atoms with Gasteiger partial charge in [-0.2, -0.15) is 0 Å². The van der Waals surface area contributed by atoms with Gasteiger partial charge < -0.3 is 21.1 Å². The Kier molecular flexibility index (Phi) is 5.88. The van der Waals surface area contributed by atoms with E-state index in [2.05, 4.69) is 19.2 Å². The average Bonchev–Trinajstić information content (AvgIpc) is 3.22. The van der Waals surface area contributed by atoms with Gasteiger partial charge in [-0.1, -0.05) is 13.8 Å². The number of nitrogens with zero attached hydrogens (tertiary/aromatic N) is 1. The van der Waals surface area contributed by atoms with Gasteiger partial charge in [0.25, 0.3) is 0 Å². The van der Waals surface area contributed by atoms with Crippen molar-refractivity contribution in [3.63, 3.8) is 0 Å². The highest BCUT2D eigenvalue weighted by Crippen LogP contribution is 2.36. The third kappa shape index (κ3) is 5.47. The molecule has 5 nitrogen and oxygen atoms in total. The van der Waals surface area contributed by atoms with Crippen LogP contribution in [-0.2, 0) is 0 Å². The fourth-order valence-electron chi connectivity index (χ4n) is 3.29. The zero-order valence-electron chi connectivity index (χ0n) is 13.4. The lowest BCUT2D eigenvalue weighted by atomic mass is 9.88. The summed E-state index contributed by atoms with van der Waals surface area (Å²) in [7, 11) is 0. The van der Waals surface area contributed by atoms with Crippen LogP contribution in [0.5, 0.6) is 0 Å². The van der Waals surface area contributed by atoms with Crippen LogP contribution in [0.2, 0.25) is 0 Å². The summed E-state index contributed by atoms with van der Waals surface area (Å²) >= 11 is 0. The summed E-state index contributed by atoms with van der Waals surface area (Å²) in [4.78, 5) is 13.3. The van der Waals surface area contributed by atoms with Crippen LogP contribution in [0.1, 0.15) is 46.0 Å². The molecule has 21 heavy (non-hydrogen) atoms. The van der Waals surface area contributed by atoms with E-state index in [9.17, 15) is 9.90 Å². The lowest BCUT2D eigenvalue weighted by Gasteiger charge is -2.38. The van der Waals surface area contributed by atoms with E-state index in [0.29, 0.717) is 36.9 Å². The molecule has 1 saturated heterocycles. The van der Waals surface area contributed by atoms with E-state index in [0.717, 1.165) is 38.6 Å². The topological polar surface area (TPSA) is 78.6 Å². The van der Waals surface area contributed by atoms with Crippen molar-refractivity contribution >= 4 is 6.03 Å². The summed E-state index contributed by atoms with van der Waals surface area (Å²) in [6.45, 7) is 6.80. The maximum Gasteiger partial charge on any atom is 0.314 e. The molecule has 1 heterocycles. The van der Waals surface area contributed by atoms with E-state index in [-0.39, 0.29) is 12.1 Å². The molecular formula is C16H31N3O2. The van der Waals surface area contributed by atoms with Crippen LogP contribution in [0.3, 0.4) is 0 Å². The van der Waals surface area contributed by atoms with Gasteiger partial charge in [0, 0.05) is 19.1 Å². The molecule has 2 fully saturated rings. The molecule has 3 unspecified atom stereocenters. The number of likely N-dealkylation sites (tertiary alicyclic amines) is 1. The standard InChI is InChI=1S/C16H31N3O2/c1-11(2)5-6-18-14-7-12(8-15(20)13-3-4-13)9-19(10-14)16(17)21/h11-15,18,20H,3-10H2,1-2H3,(H2,17,21). The van der Waals surface area contributed by atoms with E-state index in [4.69, 9.17) is 5.73 Å². The molecule has 2 amide bonds. The first-order valence-corrected chi connectivity index (χ1v) is 8.41. The number of carbonyl (C=O) groups excluding carboxylic acids is 1. The lowest BCUT2D eigenvalue weighted by Crippen LogP contribution is -2.53. The number of carbonyl (C=O) groups is 1. The Hall–Kier alpha value is -0.810. The minimum Gasteiger partial charge on any atom is -0.393 e. The molecule has 1 aliphatic carbocycles. The van der Waals surface area contributed by atoms with Crippen molar-refractivity contribution in [2.75, 3.05) is 19.6 Å². The van der Waals surface area contributed by atoms with Gasteiger partial charge in [0.15, 0.2) is 0 Å². The van der Waals surface area contributed by atoms with Gasteiger partial charge in [-0.3, -0.25) is 0 Å². The number of amides is 2. The van der Waals surface area contributed by atoms with Crippen molar-refractivity contribution in [2.24, 2.45) is 23.5 Å². The molecule has 0 aromatic heterocycles. The number of nitrogens with one attached hydrogen (secondary N) is 1. The van der Waals surface area contributed by atoms with Gasteiger partial charge in [0.05, 0.1) is 6.10 Å². The number of hydrogen-bond donors (Lipinski definition) is 3. The van der Waals surface area contributed by atoms with E-state index in [1.54, 1.807) is 4.90 Å². The summed E-state index contributed by atoms with van der Waals surface area (Å²) in [5.74, 6) is 1.54. The molecule has 0 radical (unpaired) electrons. The highest BCUT2D eigenvalue weighted by atomic mass is 16.3. The molecule has 122 valence electrons. The van der Waals surface area contributed by atoms with Gasteiger partial charge in [0.2, 0.25) is 0 Å². The van der Waals surface area contributed by atoms with Crippen LogP contribution in [0.25, 0.3) is 0 Å². The monoisotopic (exact) mass is 297 g/mol. The number of rotatable bonds is 7. The van der Waals surface area contributed by atoms with E-state index in [1.165, 1.54) is 0 Å². The summed E-state index contributed by atoms with van der Waals surface area (Å²) in [5, 5.41) is 13.7. The van der Waals surface area contributed by atoms with Gasteiger partial charge in [-0.05, 0) is 56.4 Å². The Balaban J connectivity index is 1.83. The molecular weight excluding hydrogens is 266 g/mol. The number of aliphatic hydroxyl groups excluding tert-OH is 1. The first-order valence-electron chi connectivity index (χ1n) is 8.41. The second kappa shape index (κ2) is 7.45. The number of urea groups is 1. The van der Waals surface area contributed by atoms with Gasteiger partial charge in [0.1, 0.15) is 0 Å². The molecule has 5 heteroatoms. The fraction of sp³-hybridized carbons (Fsp3) is 0.938. The van der Waals surface area contributed by atoms with Crippen molar-refractivity contribution in [2.45, 2.75) is 58.1 Å². The Bertz CT molecular complexity index is 344. The third-order valence-electron chi connectivity index (χ3n) is 4.74. The van der Waals surface area contributed by atoms with Crippen molar-refractivity contribution < 1.29 is 9.90 Å². The van der Waals surface area contributed by atoms with Crippen LogP contribution < -0.4 is 11.1 Å². The van der Waals surface area contributed by atoms with Crippen LogP contribution in [0.15, 0.2) is 0 Å². The minimum atomic E-state index is -0.337. The third-order valence-corrected chi connectivity index (χ3v) is 4.74. The molecule has 1 aliphatic heterocycles. The average molecular weight is 297 g/mol. The lowest BCUT2D eigenvalue weighted by molar-refractivity contribution is 0.0852. The van der Waals surface area contributed by atoms with E-state index >= 15 is 0 Å². The quantitative estimate of drug-likeness (QED) is 0.667. The van der Waals surface area contributed by atoms with Crippen LogP contribution >= 0.6 is 0 Å². The van der Waals surface area contributed by atoms with Crippen LogP contribution in [0, 0.1) is 17.8 Å². The Morgan fingerprint density at radius 1 is 1.38 bits per heavy atom. The normalized spacial score (nSPS) is 27.9. The van der Waals surface area contributed by atoms with Crippen LogP contribution in [-0.4, -0.2) is 47.8 Å². The van der Waals surface area contributed by atoms with Crippen molar-refractivity contribution in [1.29, 1.82) is 0 Å². The maximum atomic E-state index is 11.5. The number of aliphatic hydroxyl groups is 1. The molecule has 2 rings (SSSR count).